The van der Waals surface area contributed by atoms with E-state index in [4.69, 9.17) is 23.7 Å². The number of ether oxygens (including phenoxy) is 5. The molecule has 1 aromatic rings. The van der Waals surface area contributed by atoms with Crippen molar-refractivity contribution >= 4 is 18.0 Å². The van der Waals surface area contributed by atoms with Crippen LogP contribution < -0.4 is 9.47 Å². The van der Waals surface area contributed by atoms with Gasteiger partial charge < -0.3 is 23.7 Å². The summed E-state index contributed by atoms with van der Waals surface area (Å²) in [5.41, 5.74) is 0.448. The van der Waals surface area contributed by atoms with Gasteiger partial charge in [0.25, 0.3) is 0 Å². The summed E-state index contributed by atoms with van der Waals surface area (Å²) in [6.45, 7) is 12.2. The summed E-state index contributed by atoms with van der Waals surface area (Å²) in [5, 5.41) is 0. The smallest absolute Gasteiger partial charge is 0.410 e. The number of hydrogen-bond donors (Lipinski definition) is 0. The zero-order valence-electron chi connectivity index (χ0n) is 21.6. The third-order valence-electron chi connectivity index (χ3n) is 5.10. The SMILES string of the molecule is COc1ccc(OC)c2c1CCN(C(=O)OC(C)(C)C)[C@H]2C(C(=O)OC(C)C)C(=O)OC(C)C. The topological polar surface area (TPSA) is 101 Å². The van der Waals surface area contributed by atoms with Gasteiger partial charge in [0.1, 0.15) is 17.1 Å². The van der Waals surface area contributed by atoms with Crippen LogP contribution in [0, 0.1) is 5.92 Å². The van der Waals surface area contributed by atoms with Crippen molar-refractivity contribution in [3.05, 3.63) is 23.3 Å². The van der Waals surface area contributed by atoms with Gasteiger partial charge in [0.05, 0.1) is 32.5 Å². The number of benzene rings is 1. The first-order valence-electron chi connectivity index (χ1n) is 11.4. The predicted octanol–water partition coefficient (Wildman–Crippen LogP) is 4.06. The van der Waals surface area contributed by atoms with E-state index in [9.17, 15) is 14.4 Å². The van der Waals surface area contributed by atoms with Crippen LogP contribution in [0.5, 0.6) is 11.5 Å². The van der Waals surface area contributed by atoms with Crippen molar-refractivity contribution in [3.8, 4) is 11.5 Å². The van der Waals surface area contributed by atoms with Gasteiger partial charge in [-0.25, -0.2) is 4.79 Å². The standard InChI is InChI=1S/C25H37NO8/c1-14(2)32-22(27)20(23(28)33-15(3)4)21-19-16(17(30-8)10-11-18(19)31-9)12-13-26(21)24(29)34-25(5,6)7/h10-11,14-15,20-21H,12-13H2,1-9H3/t21-/m1/s1. The van der Waals surface area contributed by atoms with E-state index in [0.717, 1.165) is 5.56 Å². The Morgan fingerprint density at radius 1 is 0.912 bits per heavy atom. The first-order chi connectivity index (χ1) is 15.8. The van der Waals surface area contributed by atoms with E-state index < -0.39 is 47.8 Å². The van der Waals surface area contributed by atoms with Crippen LogP contribution in [0.15, 0.2) is 12.1 Å². The lowest BCUT2D eigenvalue weighted by Crippen LogP contribution is -2.50. The Balaban J connectivity index is 2.77. The summed E-state index contributed by atoms with van der Waals surface area (Å²) in [5.74, 6) is -2.07. The summed E-state index contributed by atoms with van der Waals surface area (Å²) >= 11 is 0. The second-order valence-corrected chi connectivity index (χ2v) is 9.68. The number of hydrogen-bond acceptors (Lipinski definition) is 8. The number of methoxy groups -OCH3 is 2. The van der Waals surface area contributed by atoms with Gasteiger partial charge in [0.15, 0.2) is 5.92 Å². The van der Waals surface area contributed by atoms with Crippen LogP contribution in [0.3, 0.4) is 0 Å². The van der Waals surface area contributed by atoms with Crippen molar-refractivity contribution in [2.75, 3.05) is 20.8 Å². The summed E-state index contributed by atoms with van der Waals surface area (Å²) in [6, 6.07) is 2.36. The zero-order valence-corrected chi connectivity index (χ0v) is 21.6. The summed E-state index contributed by atoms with van der Waals surface area (Å²) < 4.78 is 27.7. The molecule has 0 N–H and O–H groups in total. The first kappa shape index (κ1) is 27.3. The zero-order chi connectivity index (χ0) is 25.8. The molecule has 0 aromatic heterocycles. The Bertz CT molecular complexity index is 881. The molecule has 1 aliphatic rings. The highest BCUT2D eigenvalue weighted by Crippen LogP contribution is 2.45. The maximum absolute atomic E-state index is 13.3. The minimum absolute atomic E-state index is 0.191. The Labute approximate surface area is 201 Å². The second-order valence-electron chi connectivity index (χ2n) is 9.68. The van der Waals surface area contributed by atoms with Crippen LogP contribution in [0.1, 0.15) is 65.6 Å². The lowest BCUT2D eigenvalue weighted by Gasteiger charge is -2.41. The largest absolute Gasteiger partial charge is 0.496 e. The first-order valence-corrected chi connectivity index (χ1v) is 11.4. The molecule has 1 heterocycles. The van der Waals surface area contributed by atoms with E-state index in [2.05, 4.69) is 0 Å². The highest BCUT2D eigenvalue weighted by Gasteiger charge is 2.49. The average Bonchev–Trinajstić information content (AvgIpc) is 2.70. The molecule has 9 nitrogen and oxygen atoms in total. The predicted molar refractivity (Wildman–Crippen MR) is 125 cm³/mol. The molecule has 0 unspecified atom stereocenters. The molecule has 0 fully saturated rings. The molecule has 0 spiro atoms. The fourth-order valence-corrected chi connectivity index (χ4v) is 3.94. The molecule has 1 amide bonds. The van der Waals surface area contributed by atoms with Crippen LogP contribution in [0.25, 0.3) is 0 Å². The molecule has 2 rings (SSSR count). The van der Waals surface area contributed by atoms with Gasteiger partial charge in [-0.15, -0.1) is 0 Å². The van der Waals surface area contributed by atoms with E-state index in [1.165, 1.54) is 19.1 Å². The van der Waals surface area contributed by atoms with Gasteiger partial charge in [0.2, 0.25) is 0 Å². The van der Waals surface area contributed by atoms with Crippen molar-refractivity contribution < 1.29 is 38.1 Å². The van der Waals surface area contributed by atoms with Gasteiger partial charge in [-0.05, 0) is 67.0 Å². The number of nitrogens with zero attached hydrogens (tertiary/aromatic N) is 1. The Morgan fingerprint density at radius 3 is 1.85 bits per heavy atom. The third kappa shape index (κ3) is 6.33. The van der Waals surface area contributed by atoms with Crippen molar-refractivity contribution in [2.24, 2.45) is 5.92 Å². The van der Waals surface area contributed by atoms with Crippen molar-refractivity contribution in [2.45, 2.75) is 78.7 Å². The van der Waals surface area contributed by atoms with E-state index in [1.54, 1.807) is 60.6 Å². The molecule has 1 aromatic carbocycles. The highest BCUT2D eigenvalue weighted by atomic mass is 16.6. The Hall–Kier alpha value is -2.97. The normalized spacial score (nSPS) is 15.8. The minimum atomic E-state index is -1.46. The summed E-state index contributed by atoms with van der Waals surface area (Å²) in [6.07, 6.45) is -1.21. The van der Waals surface area contributed by atoms with Crippen molar-refractivity contribution in [1.82, 2.24) is 4.90 Å². The van der Waals surface area contributed by atoms with Gasteiger partial charge in [-0.1, -0.05) is 0 Å². The molecule has 0 radical (unpaired) electrons. The minimum Gasteiger partial charge on any atom is -0.496 e. The number of fused-ring (bicyclic) bond motifs is 1. The molecule has 34 heavy (non-hydrogen) atoms. The molecular formula is C25H37NO8. The number of rotatable bonds is 7. The fraction of sp³-hybridized carbons (Fsp3) is 0.640. The van der Waals surface area contributed by atoms with Gasteiger partial charge in [-0.3, -0.25) is 14.5 Å². The number of carbonyl (C=O) groups excluding carboxylic acids is 3. The van der Waals surface area contributed by atoms with Gasteiger partial charge in [0, 0.05) is 17.7 Å². The quantitative estimate of drug-likeness (QED) is 0.328. The van der Waals surface area contributed by atoms with E-state index in [-0.39, 0.29) is 6.54 Å². The molecule has 0 saturated heterocycles. The lowest BCUT2D eigenvalue weighted by atomic mass is 9.83. The third-order valence-corrected chi connectivity index (χ3v) is 5.10. The molecule has 0 bridgehead atoms. The molecule has 9 heteroatoms. The van der Waals surface area contributed by atoms with Gasteiger partial charge in [-0.2, -0.15) is 0 Å². The van der Waals surface area contributed by atoms with Crippen LogP contribution in [-0.4, -0.2) is 61.5 Å². The Kier molecular flexibility index (Phi) is 8.80. The van der Waals surface area contributed by atoms with Crippen LogP contribution in [0.2, 0.25) is 0 Å². The van der Waals surface area contributed by atoms with Crippen LogP contribution in [0.4, 0.5) is 4.79 Å². The van der Waals surface area contributed by atoms with Crippen molar-refractivity contribution in [1.29, 1.82) is 0 Å². The highest BCUT2D eigenvalue weighted by molar-refractivity contribution is 5.97. The van der Waals surface area contributed by atoms with E-state index in [0.29, 0.717) is 23.5 Å². The molecule has 1 aliphatic heterocycles. The number of carbonyl (C=O) groups is 3. The van der Waals surface area contributed by atoms with E-state index in [1.807, 2.05) is 0 Å². The number of esters is 2. The maximum Gasteiger partial charge on any atom is 0.410 e. The van der Waals surface area contributed by atoms with Crippen LogP contribution >= 0.6 is 0 Å². The average molecular weight is 480 g/mol. The fourth-order valence-electron chi connectivity index (χ4n) is 3.94. The van der Waals surface area contributed by atoms with Crippen molar-refractivity contribution in [3.63, 3.8) is 0 Å². The summed E-state index contributed by atoms with van der Waals surface area (Å²) in [4.78, 5) is 41.3. The van der Waals surface area contributed by atoms with E-state index >= 15 is 0 Å². The van der Waals surface area contributed by atoms with Crippen LogP contribution in [-0.2, 0) is 30.2 Å². The summed E-state index contributed by atoms with van der Waals surface area (Å²) in [7, 11) is 3.02. The Morgan fingerprint density at radius 2 is 1.41 bits per heavy atom. The molecule has 0 aliphatic carbocycles. The van der Waals surface area contributed by atoms with Gasteiger partial charge >= 0.3 is 18.0 Å². The molecule has 1 atom stereocenters. The monoisotopic (exact) mass is 479 g/mol. The molecule has 0 saturated carbocycles. The molecule has 190 valence electrons. The maximum atomic E-state index is 13.3. The molecular weight excluding hydrogens is 442 g/mol. The lowest BCUT2D eigenvalue weighted by molar-refractivity contribution is -0.170. The number of amides is 1. The second kappa shape index (κ2) is 11.0.